The smallest absolute Gasteiger partial charge is 0.0146 e. The van der Waals surface area contributed by atoms with Gasteiger partial charge in [0.25, 0.3) is 0 Å². The second kappa shape index (κ2) is 8.66. The Labute approximate surface area is 103 Å². The Hall–Kier alpha value is -0.460. The third-order valence-electron chi connectivity index (χ3n) is 3.38. The maximum absolute atomic E-state index is 4.08. The van der Waals surface area contributed by atoms with Crippen LogP contribution in [0.15, 0.2) is 12.3 Å². The fourth-order valence-corrected chi connectivity index (χ4v) is 1.99. The molecule has 0 aliphatic rings. The van der Waals surface area contributed by atoms with E-state index in [-0.39, 0.29) is 0 Å². The maximum atomic E-state index is 4.08. The highest BCUT2D eigenvalue weighted by atomic mass is 14.9. The van der Waals surface area contributed by atoms with E-state index in [0.717, 1.165) is 30.7 Å². The molecular weight excluding hydrogens is 194 g/mol. The molecule has 0 radical (unpaired) electrons. The number of rotatable bonds is 9. The zero-order valence-electron chi connectivity index (χ0n) is 12.0. The van der Waals surface area contributed by atoms with Crippen molar-refractivity contribution in [2.45, 2.75) is 60.3 Å². The van der Waals surface area contributed by atoms with Crippen LogP contribution in [0, 0.1) is 17.8 Å². The van der Waals surface area contributed by atoms with Crippen molar-refractivity contribution in [2.75, 3.05) is 6.54 Å². The molecule has 0 spiro atoms. The Bertz CT molecular complexity index is 182. The molecule has 0 aromatic carbocycles. The van der Waals surface area contributed by atoms with Crippen LogP contribution in [0.4, 0.5) is 0 Å². The van der Waals surface area contributed by atoms with Gasteiger partial charge in [-0.2, -0.15) is 0 Å². The lowest BCUT2D eigenvalue weighted by Gasteiger charge is -2.20. The monoisotopic (exact) mass is 225 g/mol. The van der Waals surface area contributed by atoms with Gasteiger partial charge in [-0.15, -0.1) is 0 Å². The van der Waals surface area contributed by atoms with E-state index in [1.807, 2.05) is 0 Å². The third-order valence-corrected chi connectivity index (χ3v) is 3.38. The van der Waals surface area contributed by atoms with Gasteiger partial charge in [0.2, 0.25) is 0 Å². The largest absolute Gasteiger partial charge is 0.389 e. The molecule has 0 saturated carbocycles. The Kier molecular flexibility index (Phi) is 8.42. The summed E-state index contributed by atoms with van der Waals surface area (Å²) in [6.07, 6.45) is 4.93. The number of nitrogens with one attached hydrogen (secondary N) is 1. The molecule has 1 nitrogen and oxygen atoms in total. The molecule has 1 N–H and O–H groups in total. The van der Waals surface area contributed by atoms with Gasteiger partial charge in [0.15, 0.2) is 0 Å². The standard InChI is InChI=1S/C15H31N/c1-7-15(13(4)5)10-11-16-14(6)9-8-12(2)3/h12-13,15-16H,6-11H2,1-5H3. The van der Waals surface area contributed by atoms with E-state index in [1.165, 1.54) is 25.0 Å². The van der Waals surface area contributed by atoms with Gasteiger partial charge in [-0.1, -0.05) is 47.6 Å². The lowest BCUT2D eigenvalue weighted by atomic mass is 9.90. The number of hydrogen-bond donors (Lipinski definition) is 1. The molecule has 0 saturated heterocycles. The average molecular weight is 225 g/mol. The minimum absolute atomic E-state index is 0.776. The Balaban J connectivity index is 3.60. The molecule has 0 aliphatic heterocycles. The summed E-state index contributed by atoms with van der Waals surface area (Å²) < 4.78 is 0. The van der Waals surface area contributed by atoms with Gasteiger partial charge in [-0.25, -0.2) is 0 Å². The molecule has 0 aromatic heterocycles. The fourth-order valence-electron chi connectivity index (χ4n) is 1.99. The molecule has 16 heavy (non-hydrogen) atoms. The number of hydrogen-bond acceptors (Lipinski definition) is 1. The summed E-state index contributed by atoms with van der Waals surface area (Å²) in [5, 5.41) is 3.46. The molecule has 0 rings (SSSR count). The number of allylic oxidation sites excluding steroid dienone is 1. The van der Waals surface area contributed by atoms with Crippen LogP contribution < -0.4 is 5.32 Å². The molecule has 0 amide bonds. The summed E-state index contributed by atoms with van der Waals surface area (Å²) in [6, 6.07) is 0. The molecule has 0 aliphatic carbocycles. The first-order valence-electron chi connectivity index (χ1n) is 6.89. The first-order chi connectivity index (χ1) is 7.47. The van der Waals surface area contributed by atoms with Crippen LogP contribution >= 0.6 is 0 Å². The van der Waals surface area contributed by atoms with Crippen LogP contribution in [-0.2, 0) is 0 Å². The topological polar surface area (TPSA) is 12.0 Å². The first-order valence-corrected chi connectivity index (χ1v) is 6.89. The van der Waals surface area contributed by atoms with Crippen LogP contribution in [0.2, 0.25) is 0 Å². The van der Waals surface area contributed by atoms with Gasteiger partial charge in [0.1, 0.15) is 0 Å². The highest BCUT2D eigenvalue weighted by Gasteiger charge is 2.10. The van der Waals surface area contributed by atoms with Crippen LogP contribution in [-0.4, -0.2) is 6.54 Å². The second-order valence-corrected chi connectivity index (χ2v) is 5.66. The molecule has 1 atom stereocenters. The van der Waals surface area contributed by atoms with Crippen molar-refractivity contribution in [3.63, 3.8) is 0 Å². The fraction of sp³-hybridized carbons (Fsp3) is 0.867. The normalized spacial score (nSPS) is 13.2. The minimum Gasteiger partial charge on any atom is -0.389 e. The summed E-state index contributed by atoms with van der Waals surface area (Å²) in [5.74, 6) is 2.43. The van der Waals surface area contributed by atoms with Crippen molar-refractivity contribution in [2.24, 2.45) is 17.8 Å². The first kappa shape index (κ1) is 15.5. The SMILES string of the molecule is C=C(CCC(C)C)NCCC(CC)C(C)C. The maximum Gasteiger partial charge on any atom is 0.0146 e. The van der Waals surface area contributed by atoms with Crippen LogP contribution in [0.1, 0.15) is 60.3 Å². The van der Waals surface area contributed by atoms with Crippen molar-refractivity contribution in [1.29, 1.82) is 0 Å². The average Bonchev–Trinajstić information content (AvgIpc) is 2.20. The highest BCUT2D eigenvalue weighted by Crippen LogP contribution is 2.18. The van der Waals surface area contributed by atoms with E-state index < -0.39 is 0 Å². The van der Waals surface area contributed by atoms with Crippen molar-refractivity contribution in [1.82, 2.24) is 5.32 Å². The molecule has 96 valence electrons. The van der Waals surface area contributed by atoms with Crippen LogP contribution in [0.5, 0.6) is 0 Å². The second-order valence-electron chi connectivity index (χ2n) is 5.66. The van der Waals surface area contributed by atoms with Gasteiger partial charge < -0.3 is 5.32 Å². The molecule has 1 heteroatoms. The van der Waals surface area contributed by atoms with Crippen molar-refractivity contribution in [3.8, 4) is 0 Å². The van der Waals surface area contributed by atoms with Crippen molar-refractivity contribution < 1.29 is 0 Å². The Morgan fingerprint density at radius 1 is 1.12 bits per heavy atom. The van der Waals surface area contributed by atoms with Crippen LogP contribution in [0.3, 0.4) is 0 Å². The predicted molar refractivity (Wildman–Crippen MR) is 74.5 cm³/mol. The molecule has 0 bridgehead atoms. The van der Waals surface area contributed by atoms with E-state index in [9.17, 15) is 0 Å². The minimum atomic E-state index is 0.776. The van der Waals surface area contributed by atoms with E-state index in [0.29, 0.717) is 0 Å². The Morgan fingerprint density at radius 3 is 2.19 bits per heavy atom. The van der Waals surface area contributed by atoms with E-state index in [1.54, 1.807) is 0 Å². The van der Waals surface area contributed by atoms with Gasteiger partial charge in [-0.3, -0.25) is 0 Å². The van der Waals surface area contributed by atoms with Gasteiger partial charge in [0.05, 0.1) is 0 Å². The van der Waals surface area contributed by atoms with Crippen LogP contribution in [0.25, 0.3) is 0 Å². The molecule has 0 heterocycles. The third kappa shape index (κ3) is 7.78. The molecule has 1 unspecified atom stereocenters. The highest BCUT2D eigenvalue weighted by molar-refractivity contribution is 4.90. The molecule has 0 fully saturated rings. The van der Waals surface area contributed by atoms with Crippen molar-refractivity contribution >= 4 is 0 Å². The summed E-state index contributed by atoms with van der Waals surface area (Å²) in [5.41, 5.74) is 1.22. The lowest BCUT2D eigenvalue weighted by molar-refractivity contribution is 0.346. The Morgan fingerprint density at radius 2 is 1.75 bits per heavy atom. The predicted octanol–water partition coefficient (Wildman–Crippen LogP) is 4.60. The zero-order chi connectivity index (χ0) is 12.6. The molecular formula is C15H31N. The van der Waals surface area contributed by atoms with Gasteiger partial charge in [0, 0.05) is 12.2 Å². The van der Waals surface area contributed by atoms with E-state index in [4.69, 9.17) is 0 Å². The lowest BCUT2D eigenvalue weighted by Crippen LogP contribution is -2.19. The zero-order valence-corrected chi connectivity index (χ0v) is 12.0. The quantitative estimate of drug-likeness (QED) is 0.605. The van der Waals surface area contributed by atoms with E-state index >= 15 is 0 Å². The summed E-state index contributed by atoms with van der Waals surface area (Å²) in [7, 11) is 0. The summed E-state index contributed by atoms with van der Waals surface area (Å²) >= 11 is 0. The summed E-state index contributed by atoms with van der Waals surface area (Å²) in [4.78, 5) is 0. The molecule has 0 aromatic rings. The van der Waals surface area contributed by atoms with Gasteiger partial charge >= 0.3 is 0 Å². The van der Waals surface area contributed by atoms with Crippen molar-refractivity contribution in [3.05, 3.63) is 12.3 Å². The van der Waals surface area contributed by atoms with E-state index in [2.05, 4.69) is 46.5 Å². The van der Waals surface area contributed by atoms with Gasteiger partial charge in [-0.05, 0) is 37.0 Å². The summed E-state index contributed by atoms with van der Waals surface area (Å²) in [6.45, 7) is 16.6.